The van der Waals surface area contributed by atoms with Gasteiger partial charge in [0.1, 0.15) is 0 Å². The van der Waals surface area contributed by atoms with Crippen LogP contribution in [0.25, 0.3) is 5.52 Å². The van der Waals surface area contributed by atoms with Crippen molar-refractivity contribution in [2.75, 3.05) is 0 Å². The Labute approximate surface area is 76.0 Å². The topological polar surface area (TPSA) is 34.4 Å². The van der Waals surface area contributed by atoms with Crippen LogP contribution < -0.4 is 0 Å². The van der Waals surface area contributed by atoms with E-state index in [0.29, 0.717) is 5.56 Å². The van der Waals surface area contributed by atoms with E-state index in [-0.39, 0.29) is 0 Å². The van der Waals surface area contributed by atoms with Crippen LogP contribution in [0.5, 0.6) is 0 Å². The van der Waals surface area contributed by atoms with E-state index in [9.17, 15) is 4.79 Å². The Kier molecular flexibility index (Phi) is 1.85. The third kappa shape index (κ3) is 1.22. The highest BCUT2D eigenvalue weighted by Crippen LogP contribution is 2.11. The number of hydrogen-bond acceptors (Lipinski definition) is 2. The molecule has 13 heavy (non-hydrogen) atoms. The molecule has 0 saturated carbocycles. The minimum absolute atomic E-state index is 0.697. The fourth-order valence-corrected chi connectivity index (χ4v) is 1.45. The Morgan fingerprint density at radius 1 is 1.62 bits per heavy atom. The lowest BCUT2D eigenvalue weighted by Crippen LogP contribution is -1.91. The monoisotopic (exact) mass is 174 g/mol. The molecular weight excluding hydrogens is 164 g/mol. The average Bonchev–Trinajstić information content (AvgIpc) is 2.59. The third-order valence-electron chi connectivity index (χ3n) is 2.09. The lowest BCUT2D eigenvalue weighted by molar-refractivity contribution is 0.112. The van der Waals surface area contributed by atoms with Gasteiger partial charge in [-0.15, -0.1) is 0 Å². The van der Waals surface area contributed by atoms with Gasteiger partial charge in [-0.25, -0.2) is 0 Å². The molecule has 0 aliphatic heterocycles. The first-order chi connectivity index (χ1) is 6.35. The molecule has 2 rings (SSSR count). The van der Waals surface area contributed by atoms with Crippen LogP contribution in [0, 0.1) is 0 Å². The van der Waals surface area contributed by atoms with E-state index in [2.05, 4.69) is 11.9 Å². The van der Waals surface area contributed by atoms with E-state index >= 15 is 0 Å². The summed E-state index contributed by atoms with van der Waals surface area (Å²) >= 11 is 0. The predicted octanol–water partition coefficient (Wildman–Crippen LogP) is 1.71. The molecule has 3 nitrogen and oxygen atoms in total. The Balaban J connectivity index is 2.74. The third-order valence-corrected chi connectivity index (χ3v) is 2.09. The van der Waals surface area contributed by atoms with Crippen LogP contribution in [0.2, 0.25) is 0 Å². The molecule has 2 aromatic rings. The van der Waals surface area contributed by atoms with Crippen LogP contribution in [0.1, 0.15) is 23.0 Å². The number of carbonyl (C=O) groups excluding carboxylic acids is 1. The van der Waals surface area contributed by atoms with Crippen LogP contribution in [0.3, 0.4) is 0 Å². The molecule has 0 unspecified atom stereocenters. The SMILES string of the molecule is CCc1nccn2cc(C=O)cc12. The number of aryl methyl sites for hydroxylation is 1. The highest BCUT2D eigenvalue weighted by Gasteiger charge is 2.02. The van der Waals surface area contributed by atoms with E-state index < -0.39 is 0 Å². The number of aromatic nitrogens is 2. The summed E-state index contributed by atoms with van der Waals surface area (Å²) in [6.07, 6.45) is 7.14. The Morgan fingerprint density at radius 2 is 2.46 bits per heavy atom. The maximum Gasteiger partial charge on any atom is 0.151 e. The standard InChI is InChI=1S/C10H10N2O/c1-2-9-10-5-8(7-13)6-12(10)4-3-11-9/h3-7H,2H2,1H3. The Hall–Kier alpha value is -1.64. The predicted molar refractivity (Wildman–Crippen MR) is 50.0 cm³/mol. The van der Waals surface area contributed by atoms with Crippen molar-refractivity contribution in [3.63, 3.8) is 0 Å². The Bertz CT molecular complexity index is 445. The van der Waals surface area contributed by atoms with Crippen LogP contribution in [-0.4, -0.2) is 15.7 Å². The van der Waals surface area contributed by atoms with Crippen molar-refractivity contribution in [1.82, 2.24) is 9.38 Å². The van der Waals surface area contributed by atoms with E-state index in [1.807, 2.05) is 22.9 Å². The summed E-state index contributed by atoms with van der Waals surface area (Å²) in [5.74, 6) is 0. The van der Waals surface area contributed by atoms with Crippen molar-refractivity contribution in [3.8, 4) is 0 Å². The molecule has 66 valence electrons. The highest BCUT2D eigenvalue weighted by molar-refractivity contribution is 5.78. The first-order valence-corrected chi connectivity index (χ1v) is 4.26. The number of carbonyl (C=O) groups is 1. The van der Waals surface area contributed by atoms with E-state index in [0.717, 1.165) is 23.9 Å². The van der Waals surface area contributed by atoms with Gasteiger partial charge in [-0.2, -0.15) is 0 Å². The molecule has 0 spiro atoms. The van der Waals surface area contributed by atoms with Gasteiger partial charge in [-0.1, -0.05) is 6.92 Å². The molecule has 0 saturated heterocycles. The highest BCUT2D eigenvalue weighted by atomic mass is 16.1. The molecule has 2 aromatic heterocycles. The zero-order valence-electron chi connectivity index (χ0n) is 7.40. The van der Waals surface area contributed by atoms with Crippen LogP contribution >= 0.6 is 0 Å². The molecule has 2 heterocycles. The zero-order chi connectivity index (χ0) is 9.26. The summed E-state index contributed by atoms with van der Waals surface area (Å²) < 4.78 is 1.93. The number of nitrogens with zero attached hydrogens (tertiary/aromatic N) is 2. The summed E-state index contributed by atoms with van der Waals surface area (Å²) in [6.45, 7) is 2.05. The molecule has 0 amide bonds. The molecular formula is C10H10N2O. The van der Waals surface area contributed by atoms with E-state index in [1.165, 1.54) is 0 Å². The van der Waals surface area contributed by atoms with Crippen molar-refractivity contribution in [1.29, 1.82) is 0 Å². The zero-order valence-corrected chi connectivity index (χ0v) is 7.40. The van der Waals surface area contributed by atoms with Crippen molar-refractivity contribution in [3.05, 3.63) is 35.9 Å². The Morgan fingerprint density at radius 3 is 3.15 bits per heavy atom. The summed E-state index contributed by atoms with van der Waals surface area (Å²) in [6, 6.07) is 1.86. The molecule has 0 aliphatic carbocycles. The second-order valence-electron chi connectivity index (χ2n) is 2.91. The fourth-order valence-electron chi connectivity index (χ4n) is 1.45. The van der Waals surface area contributed by atoms with Gasteiger partial charge in [0.2, 0.25) is 0 Å². The first-order valence-electron chi connectivity index (χ1n) is 4.26. The number of hydrogen-bond donors (Lipinski definition) is 0. The van der Waals surface area contributed by atoms with Gasteiger partial charge in [-0.05, 0) is 12.5 Å². The summed E-state index contributed by atoms with van der Waals surface area (Å²) in [5, 5.41) is 0. The van der Waals surface area contributed by atoms with Gasteiger partial charge in [0.25, 0.3) is 0 Å². The van der Waals surface area contributed by atoms with Gasteiger partial charge in [-0.3, -0.25) is 9.78 Å². The van der Waals surface area contributed by atoms with Crippen molar-refractivity contribution < 1.29 is 4.79 Å². The molecule has 0 N–H and O–H groups in total. The van der Waals surface area contributed by atoms with Gasteiger partial charge < -0.3 is 4.40 Å². The summed E-state index contributed by atoms with van der Waals surface area (Å²) in [4.78, 5) is 14.8. The van der Waals surface area contributed by atoms with Crippen molar-refractivity contribution in [2.24, 2.45) is 0 Å². The van der Waals surface area contributed by atoms with E-state index in [1.54, 1.807) is 6.20 Å². The van der Waals surface area contributed by atoms with Crippen LogP contribution in [0.4, 0.5) is 0 Å². The molecule has 0 aromatic carbocycles. The molecule has 0 fully saturated rings. The van der Waals surface area contributed by atoms with Gasteiger partial charge >= 0.3 is 0 Å². The van der Waals surface area contributed by atoms with E-state index in [4.69, 9.17) is 0 Å². The maximum absolute atomic E-state index is 10.5. The molecule has 0 bridgehead atoms. The molecule has 0 radical (unpaired) electrons. The minimum Gasteiger partial charge on any atom is -0.320 e. The fraction of sp³-hybridized carbons (Fsp3) is 0.200. The minimum atomic E-state index is 0.697. The summed E-state index contributed by atoms with van der Waals surface area (Å²) in [5.41, 5.74) is 2.74. The molecule has 0 atom stereocenters. The van der Waals surface area contributed by atoms with Gasteiger partial charge in [0, 0.05) is 24.2 Å². The summed E-state index contributed by atoms with van der Waals surface area (Å²) in [7, 11) is 0. The average molecular weight is 174 g/mol. The molecule has 3 heteroatoms. The number of rotatable bonds is 2. The number of aldehydes is 1. The van der Waals surface area contributed by atoms with Crippen molar-refractivity contribution >= 4 is 11.8 Å². The quantitative estimate of drug-likeness (QED) is 0.649. The van der Waals surface area contributed by atoms with Crippen LogP contribution in [0.15, 0.2) is 24.7 Å². The first kappa shape index (κ1) is 7.98. The lowest BCUT2D eigenvalue weighted by Gasteiger charge is -1.98. The maximum atomic E-state index is 10.5. The largest absolute Gasteiger partial charge is 0.320 e. The van der Waals surface area contributed by atoms with Crippen LogP contribution in [-0.2, 0) is 6.42 Å². The van der Waals surface area contributed by atoms with Gasteiger partial charge in [0.15, 0.2) is 6.29 Å². The lowest BCUT2D eigenvalue weighted by atomic mass is 10.2. The molecule has 0 aliphatic rings. The second kappa shape index (κ2) is 3.01. The smallest absolute Gasteiger partial charge is 0.151 e. The second-order valence-corrected chi connectivity index (χ2v) is 2.91. The number of fused-ring (bicyclic) bond motifs is 1. The van der Waals surface area contributed by atoms with Crippen molar-refractivity contribution in [2.45, 2.75) is 13.3 Å². The van der Waals surface area contributed by atoms with Gasteiger partial charge in [0.05, 0.1) is 11.2 Å². The normalized spacial score (nSPS) is 10.5.